The number of anilines is 1. The molecule has 0 spiro atoms. The van der Waals surface area contributed by atoms with Crippen LogP contribution in [0.4, 0.5) is 19.0 Å². The number of nitrogens with zero attached hydrogens (tertiary/aromatic N) is 2. The van der Waals surface area contributed by atoms with E-state index in [9.17, 15) is 13.2 Å². The maximum absolute atomic E-state index is 13.7. The molecule has 0 unspecified atom stereocenters. The summed E-state index contributed by atoms with van der Waals surface area (Å²) in [5.41, 5.74) is 0.0979. The summed E-state index contributed by atoms with van der Waals surface area (Å²) in [4.78, 5) is 3.63. The summed E-state index contributed by atoms with van der Waals surface area (Å²) in [6.45, 7) is 2.09. The highest BCUT2D eigenvalue weighted by Crippen LogP contribution is 2.28. The summed E-state index contributed by atoms with van der Waals surface area (Å²) in [6, 6.07) is 5.79. The van der Waals surface area contributed by atoms with Crippen LogP contribution in [0, 0.1) is 28.8 Å². The molecule has 0 aliphatic carbocycles. The van der Waals surface area contributed by atoms with Crippen molar-refractivity contribution in [3.8, 4) is 17.7 Å². The number of hydrogen-bond donors (Lipinski definition) is 1. The average Bonchev–Trinajstić information content (AvgIpc) is 2.46. The number of nitriles is 1. The van der Waals surface area contributed by atoms with Crippen LogP contribution in [-0.4, -0.2) is 11.5 Å². The van der Waals surface area contributed by atoms with Crippen LogP contribution < -0.4 is 10.1 Å². The fraction of sp³-hybridized carbons (Fsp3) is 0.143. The summed E-state index contributed by atoms with van der Waals surface area (Å²) in [5, 5.41) is 11.2. The first-order valence-corrected chi connectivity index (χ1v) is 6.02. The molecule has 2 aromatic rings. The Labute approximate surface area is 118 Å². The van der Waals surface area contributed by atoms with Crippen LogP contribution in [-0.2, 0) is 0 Å². The van der Waals surface area contributed by atoms with Gasteiger partial charge in [-0.05, 0) is 25.1 Å². The number of rotatable bonds is 4. The number of halogens is 3. The lowest BCUT2D eigenvalue weighted by Gasteiger charge is -2.10. The van der Waals surface area contributed by atoms with Crippen LogP contribution in [0.25, 0.3) is 0 Å². The maximum Gasteiger partial charge on any atom is 0.258 e. The zero-order valence-electron chi connectivity index (χ0n) is 11.0. The van der Waals surface area contributed by atoms with Gasteiger partial charge in [-0.2, -0.15) is 10.2 Å². The van der Waals surface area contributed by atoms with Crippen molar-refractivity contribution < 1.29 is 17.9 Å². The summed E-state index contributed by atoms with van der Waals surface area (Å²) in [5.74, 6) is -3.84. The van der Waals surface area contributed by atoms with E-state index in [1.54, 1.807) is 13.0 Å². The van der Waals surface area contributed by atoms with Gasteiger partial charge in [0, 0.05) is 12.6 Å². The van der Waals surface area contributed by atoms with E-state index < -0.39 is 23.3 Å². The van der Waals surface area contributed by atoms with E-state index >= 15 is 0 Å². The highest BCUT2D eigenvalue weighted by atomic mass is 19.1. The molecule has 1 heterocycles. The number of benzene rings is 1. The predicted molar refractivity (Wildman–Crippen MR) is 69.5 cm³/mol. The van der Waals surface area contributed by atoms with Crippen LogP contribution in [0.5, 0.6) is 11.6 Å². The zero-order valence-corrected chi connectivity index (χ0v) is 11.0. The number of ether oxygens (including phenoxy) is 1. The van der Waals surface area contributed by atoms with Gasteiger partial charge in [-0.15, -0.1) is 0 Å². The molecule has 1 aromatic carbocycles. The lowest BCUT2D eigenvalue weighted by molar-refractivity contribution is 0.395. The highest BCUT2D eigenvalue weighted by Gasteiger charge is 2.15. The minimum atomic E-state index is -1.06. The van der Waals surface area contributed by atoms with Gasteiger partial charge in [0.1, 0.15) is 0 Å². The van der Waals surface area contributed by atoms with Crippen molar-refractivity contribution in [1.82, 2.24) is 4.98 Å². The van der Waals surface area contributed by atoms with Gasteiger partial charge in [0.15, 0.2) is 29.0 Å². The zero-order chi connectivity index (χ0) is 15.4. The Kier molecular flexibility index (Phi) is 4.28. The van der Waals surface area contributed by atoms with Crippen molar-refractivity contribution in [1.29, 1.82) is 5.26 Å². The number of pyridine rings is 1. The lowest BCUT2D eigenvalue weighted by atomic mass is 10.2. The van der Waals surface area contributed by atoms with Crippen LogP contribution in [0.2, 0.25) is 0 Å². The molecule has 0 saturated heterocycles. The molecule has 108 valence electrons. The SMILES string of the molecule is CCNc1nc(Oc2ccc(C#N)cc2F)c(F)cc1F. The molecule has 7 heteroatoms. The molecular weight excluding hydrogens is 283 g/mol. The van der Waals surface area contributed by atoms with Crippen molar-refractivity contribution >= 4 is 5.82 Å². The van der Waals surface area contributed by atoms with Crippen molar-refractivity contribution in [3.05, 3.63) is 47.3 Å². The van der Waals surface area contributed by atoms with Crippen LogP contribution in [0.1, 0.15) is 12.5 Å². The standard InChI is InChI=1S/C14H10F3N3O/c1-2-19-13-10(16)6-11(17)14(20-13)21-12-4-3-8(7-18)5-9(12)15/h3-6H,2H2,1H3,(H,19,20). The van der Waals surface area contributed by atoms with E-state index in [2.05, 4.69) is 10.3 Å². The van der Waals surface area contributed by atoms with Crippen LogP contribution >= 0.6 is 0 Å². The van der Waals surface area contributed by atoms with Gasteiger partial charge in [-0.1, -0.05) is 0 Å². The molecule has 1 aromatic heterocycles. The van der Waals surface area contributed by atoms with Crippen LogP contribution in [0.15, 0.2) is 24.3 Å². The Bertz CT molecular complexity index is 713. The molecule has 0 radical (unpaired) electrons. The molecule has 4 nitrogen and oxygen atoms in total. The molecule has 0 aliphatic rings. The first-order valence-electron chi connectivity index (χ1n) is 6.02. The second kappa shape index (κ2) is 6.13. The minimum absolute atomic E-state index is 0.0979. The molecule has 0 saturated carbocycles. The normalized spacial score (nSPS) is 10.0. The second-order valence-electron chi connectivity index (χ2n) is 4.00. The van der Waals surface area contributed by atoms with E-state index in [0.29, 0.717) is 12.6 Å². The molecule has 0 fully saturated rings. The molecule has 2 rings (SSSR count). The fourth-order valence-corrected chi connectivity index (χ4v) is 1.57. The maximum atomic E-state index is 13.7. The summed E-state index contributed by atoms with van der Waals surface area (Å²) in [6.07, 6.45) is 0. The van der Waals surface area contributed by atoms with Gasteiger partial charge in [-0.3, -0.25) is 0 Å². The molecular formula is C14H10F3N3O. The molecule has 1 N–H and O–H groups in total. The molecule has 21 heavy (non-hydrogen) atoms. The van der Waals surface area contributed by atoms with E-state index in [-0.39, 0.29) is 17.1 Å². The van der Waals surface area contributed by atoms with Crippen molar-refractivity contribution in [2.75, 3.05) is 11.9 Å². The predicted octanol–water partition coefficient (Wildman–Crippen LogP) is 3.59. The molecule has 0 atom stereocenters. The topological polar surface area (TPSA) is 57.9 Å². The third-order valence-corrected chi connectivity index (χ3v) is 2.51. The van der Waals surface area contributed by atoms with Gasteiger partial charge in [0.25, 0.3) is 5.88 Å². The molecule has 0 aliphatic heterocycles. The Morgan fingerprint density at radius 3 is 2.57 bits per heavy atom. The Morgan fingerprint density at radius 1 is 1.19 bits per heavy atom. The van der Waals surface area contributed by atoms with Crippen molar-refractivity contribution in [2.45, 2.75) is 6.92 Å². The number of aromatic nitrogens is 1. The average molecular weight is 293 g/mol. The van der Waals surface area contributed by atoms with Gasteiger partial charge in [-0.25, -0.2) is 13.2 Å². The van der Waals surface area contributed by atoms with E-state index in [0.717, 1.165) is 6.07 Å². The summed E-state index contributed by atoms with van der Waals surface area (Å²) < 4.78 is 45.7. The summed E-state index contributed by atoms with van der Waals surface area (Å²) >= 11 is 0. The second-order valence-corrected chi connectivity index (χ2v) is 4.00. The van der Waals surface area contributed by atoms with Crippen LogP contribution in [0.3, 0.4) is 0 Å². The van der Waals surface area contributed by atoms with Crippen molar-refractivity contribution in [3.63, 3.8) is 0 Å². The summed E-state index contributed by atoms with van der Waals surface area (Å²) in [7, 11) is 0. The first-order chi connectivity index (χ1) is 10.0. The molecule has 0 amide bonds. The number of nitrogens with one attached hydrogen (secondary N) is 1. The van der Waals surface area contributed by atoms with Gasteiger partial charge >= 0.3 is 0 Å². The smallest absolute Gasteiger partial charge is 0.258 e. The van der Waals surface area contributed by atoms with E-state index in [1.165, 1.54) is 12.1 Å². The third-order valence-electron chi connectivity index (χ3n) is 2.51. The Hall–Kier alpha value is -2.75. The highest BCUT2D eigenvalue weighted by molar-refractivity contribution is 5.42. The fourth-order valence-electron chi connectivity index (χ4n) is 1.57. The Balaban J connectivity index is 2.35. The monoisotopic (exact) mass is 293 g/mol. The lowest BCUT2D eigenvalue weighted by Crippen LogP contribution is -2.05. The Morgan fingerprint density at radius 2 is 1.95 bits per heavy atom. The molecule has 0 bridgehead atoms. The van der Waals surface area contributed by atoms with Gasteiger partial charge < -0.3 is 10.1 Å². The largest absolute Gasteiger partial charge is 0.433 e. The number of hydrogen-bond acceptors (Lipinski definition) is 4. The van der Waals surface area contributed by atoms with Gasteiger partial charge in [0.05, 0.1) is 11.6 Å². The minimum Gasteiger partial charge on any atom is -0.433 e. The van der Waals surface area contributed by atoms with E-state index in [4.69, 9.17) is 10.00 Å². The third kappa shape index (κ3) is 3.23. The van der Waals surface area contributed by atoms with E-state index in [1.807, 2.05) is 0 Å². The van der Waals surface area contributed by atoms with Crippen molar-refractivity contribution in [2.24, 2.45) is 0 Å². The van der Waals surface area contributed by atoms with Gasteiger partial charge in [0.2, 0.25) is 0 Å². The first kappa shape index (κ1) is 14.7. The quantitative estimate of drug-likeness (QED) is 0.935.